The average Bonchev–Trinajstić information content (AvgIpc) is 2.20. The second-order valence-corrected chi connectivity index (χ2v) is 2.90. The highest BCUT2D eigenvalue weighted by atomic mass is 16.5. The third-order valence-corrected chi connectivity index (χ3v) is 1.66. The Morgan fingerprint density at radius 2 is 2.33 bits per heavy atom. The summed E-state index contributed by atoms with van der Waals surface area (Å²) in [4.78, 5) is 10.9. The molecule has 3 heteroatoms. The summed E-state index contributed by atoms with van der Waals surface area (Å²) >= 11 is 0. The molecule has 0 aromatic heterocycles. The molecule has 0 heterocycles. The van der Waals surface area contributed by atoms with E-state index in [-0.39, 0.29) is 5.91 Å². The SMILES string of the molecule is C=C=CCOc1ccccc1NC(C)=O. The first kappa shape index (κ1) is 11.1. The van der Waals surface area contributed by atoms with E-state index in [2.05, 4.69) is 17.6 Å². The predicted octanol–water partition coefficient (Wildman–Crippen LogP) is 2.36. The van der Waals surface area contributed by atoms with Crippen molar-refractivity contribution in [2.24, 2.45) is 0 Å². The van der Waals surface area contributed by atoms with Crippen molar-refractivity contribution >= 4 is 11.6 Å². The molecular weight excluding hydrogens is 190 g/mol. The number of benzene rings is 1. The van der Waals surface area contributed by atoms with Crippen molar-refractivity contribution in [2.75, 3.05) is 11.9 Å². The molecule has 1 aromatic carbocycles. The normalized spacial score (nSPS) is 8.87. The van der Waals surface area contributed by atoms with Gasteiger partial charge < -0.3 is 10.1 Å². The van der Waals surface area contributed by atoms with Crippen molar-refractivity contribution < 1.29 is 9.53 Å². The number of amides is 1. The highest BCUT2D eigenvalue weighted by Crippen LogP contribution is 2.23. The van der Waals surface area contributed by atoms with Crippen molar-refractivity contribution in [3.8, 4) is 5.75 Å². The van der Waals surface area contributed by atoms with Gasteiger partial charge in [-0.05, 0) is 18.2 Å². The second-order valence-electron chi connectivity index (χ2n) is 2.90. The summed E-state index contributed by atoms with van der Waals surface area (Å²) in [5.41, 5.74) is 3.28. The van der Waals surface area contributed by atoms with Gasteiger partial charge in [-0.2, -0.15) is 0 Å². The van der Waals surface area contributed by atoms with Crippen LogP contribution in [-0.2, 0) is 4.79 Å². The molecule has 0 saturated heterocycles. The number of ether oxygens (including phenoxy) is 1. The lowest BCUT2D eigenvalue weighted by Gasteiger charge is -2.09. The number of carbonyl (C=O) groups excluding carboxylic acids is 1. The third kappa shape index (κ3) is 3.71. The number of rotatable bonds is 4. The van der Waals surface area contributed by atoms with Crippen LogP contribution in [0.4, 0.5) is 5.69 Å². The van der Waals surface area contributed by atoms with E-state index in [0.29, 0.717) is 18.0 Å². The first-order chi connectivity index (χ1) is 7.24. The summed E-state index contributed by atoms with van der Waals surface area (Å²) in [6.45, 7) is 5.28. The zero-order valence-electron chi connectivity index (χ0n) is 8.62. The Kier molecular flexibility index (Phi) is 4.20. The van der Waals surface area contributed by atoms with Crippen molar-refractivity contribution in [1.82, 2.24) is 0 Å². The molecule has 1 aromatic rings. The summed E-state index contributed by atoms with van der Waals surface area (Å²) in [6.07, 6.45) is 1.67. The van der Waals surface area contributed by atoms with Crippen LogP contribution in [-0.4, -0.2) is 12.5 Å². The predicted molar refractivity (Wildman–Crippen MR) is 60.0 cm³/mol. The Bertz CT molecular complexity index is 392. The molecular formula is C12H13NO2. The van der Waals surface area contributed by atoms with E-state index in [1.165, 1.54) is 6.92 Å². The van der Waals surface area contributed by atoms with Gasteiger partial charge in [0.25, 0.3) is 0 Å². The van der Waals surface area contributed by atoms with Gasteiger partial charge in [0.15, 0.2) is 0 Å². The van der Waals surface area contributed by atoms with Gasteiger partial charge >= 0.3 is 0 Å². The Morgan fingerprint density at radius 1 is 1.60 bits per heavy atom. The molecule has 1 amide bonds. The molecule has 0 saturated carbocycles. The quantitative estimate of drug-likeness (QED) is 0.763. The fourth-order valence-electron chi connectivity index (χ4n) is 1.08. The minimum Gasteiger partial charge on any atom is -0.487 e. The van der Waals surface area contributed by atoms with Gasteiger partial charge in [-0.3, -0.25) is 4.79 Å². The molecule has 78 valence electrons. The zero-order valence-corrected chi connectivity index (χ0v) is 8.62. The van der Waals surface area contributed by atoms with Gasteiger partial charge in [-0.15, -0.1) is 5.73 Å². The highest BCUT2D eigenvalue weighted by molar-refractivity contribution is 5.90. The van der Waals surface area contributed by atoms with Gasteiger partial charge in [0.2, 0.25) is 5.91 Å². The first-order valence-electron chi connectivity index (χ1n) is 4.57. The van der Waals surface area contributed by atoms with Crippen LogP contribution in [0.3, 0.4) is 0 Å². The lowest BCUT2D eigenvalue weighted by molar-refractivity contribution is -0.114. The molecule has 1 rings (SSSR count). The summed E-state index contributed by atoms with van der Waals surface area (Å²) in [5.74, 6) is 0.518. The Labute approximate surface area is 89.1 Å². The van der Waals surface area contributed by atoms with Gasteiger partial charge in [0.1, 0.15) is 12.4 Å². The van der Waals surface area contributed by atoms with Crippen LogP contribution in [0.2, 0.25) is 0 Å². The smallest absolute Gasteiger partial charge is 0.221 e. The number of hydrogen-bond donors (Lipinski definition) is 1. The van der Waals surface area contributed by atoms with E-state index in [1.54, 1.807) is 18.2 Å². The summed E-state index contributed by atoms with van der Waals surface area (Å²) in [6, 6.07) is 7.26. The van der Waals surface area contributed by atoms with Crippen molar-refractivity contribution in [1.29, 1.82) is 0 Å². The molecule has 0 bridgehead atoms. The molecule has 0 unspecified atom stereocenters. The molecule has 0 aliphatic rings. The van der Waals surface area contributed by atoms with Crippen LogP contribution in [0.25, 0.3) is 0 Å². The molecule has 1 N–H and O–H groups in total. The molecule has 15 heavy (non-hydrogen) atoms. The first-order valence-corrected chi connectivity index (χ1v) is 4.57. The van der Waals surface area contributed by atoms with Crippen molar-refractivity contribution in [2.45, 2.75) is 6.92 Å². The number of para-hydroxylation sites is 2. The minimum absolute atomic E-state index is 0.120. The third-order valence-electron chi connectivity index (χ3n) is 1.66. The lowest BCUT2D eigenvalue weighted by Crippen LogP contribution is -2.07. The maximum atomic E-state index is 10.9. The molecule has 0 fully saturated rings. The van der Waals surface area contributed by atoms with Crippen LogP contribution >= 0.6 is 0 Å². The molecule has 0 spiro atoms. The molecule has 0 atom stereocenters. The summed E-state index contributed by atoms with van der Waals surface area (Å²) in [7, 11) is 0. The van der Waals surface area contributed by atoms with Crippen LogP contribution < -0.4 is 10.1 Å². The maximum Gasteiger partial charge on any atom is 0.221 e. The summed E-state index contributed by atoms with van der Waals surface area (Å²) < 4.78 is 5.41. The van der Waals surface area contributed by atoms with E-state index in [4.69, 9.17) is 4.74 Å². The van der Waals surface area contributed by atoms with Gasteiger partial charge in [-0.25, -0.2) is 0 Å². The standard InChI is InChI=1S/C12H13NO2/c1-3-4-9-15-12-8-6-5-7-11(12)13-10(2)14/h4-8H,1,9H2,2H3,(H,13,14). The van der Waals surface area contributed by atoms with E-state index in [0.717, 1.165) is 0 Å². The Balaban J connectivity index is 2.76. The van der Waals surface area contributed by atoms with Crippen LogP contribution in [0.15, 0.2) is 42.7 Å². The maximum absolute atomic E-state index is 10.9. The Morgan fingerprint density at radius 3 is 3.00 bits per heavy atom. The van der Waals surface area contributed by atoms with Crippen LogP contribution in [0.5, 0.6) is 5.75 Å². The fraction of sp³-hybridized carbons (Fsp3) is 0.167. The van der Waals surface area contributed by atoms with Crippen LogP contribution in [0.1, 0.15) is 6.92 Å². The van der Waals surface area contributed by atoms with Crippen molar-refractivity contribution in [3.63, 3.8) is 0 Å². The van der Waals surface area contributed by atoms with E-state index in [9.17, 15) is 4.79 Å². The second kappa shape index (κ2) is 5.68. The molecule has 0 radical (unpaired) electrons. The fourth-order valence-corrected chi connectivity index (χ4v) is 1.08. The lowest BCUT2D eigenvalue weighted by atomic mass is 10.3. The van der Waals surface area contributed by atoms with Gasteiger partial charge in [-0.1, -0.05) is 18.7 Å². The van der Waals surface area contributed by atoms with Gasteiger partial charge in [0, 0.05) is 6.92 Å². The molecule has 3 nitrogen and oxygen atoms in total. The largest absolute Gasteiger partial charge is 0.487 e. The van der Waals surface area contributed by atoms with E-state index >= 15 is 0 Å². The highest BCUT2D eigenvalue weighted by Gasteiger charge is 2.02. The number of anilines is 1. The summed E-state index contributed by atoms with van der Waals surface area (Å²) in [5, 5.41) is 2.69. The van der Waals surface area contributed by atoms with Gasteiger partial charge in [0.05, 0.1) is 5.69 Å². The monoisotopic (exact) mass is 203 g/mol. The zero-order chi connectivity index (χ0) is 11.1. The van der Waals surface area contributed by atoms with E-state index < -0.39 is 0 Å². The van der Waals surface area contributed by atoms with E-state index in [1.807, 2.05) is 12.1 Å². The number of nitrogens with one attached hydrogen (secondary N) is 1. The average molecular weight is 203 g/mol. The molecule has 0 aliphatic heterocycles. The van der Waals surface area contributed by atoms with Crippen molar-refractivity contribution in [3.05, 3.63) is 42.7 Å². The number of hydrogen-bond acceptors (Lipinski definition) is 2. The molecule has 0 aliphatic carbocycles. The number of carbonyl (C=O) groups is 1. The van der Waals surface area contributed by atoms with Crippen LogP contribution in [0, 0.1) is 0 Å². The minimum atomic E-state index is -0.120. The topological polar surface area (TPSA) is 38.3 Å². The Hall–Kier alpha value is -1.99.